The first-order valence-corrected chi connectivity index (χ1v) is 14.6. The molecule has 37 heavy (non-hydrogen) atoms. The van der Waals surface area contributed by atoms with E-state index < -0.39 is 10.1 Å². The Bertz CT molecular complexity index is 1370. The van der Waals surface area contributed by atoms with Gasteiger partial charge in [0.05, 0.1) is 0 Å². The molecule has 0 atom stereocenters. The second-order valence-electron chi connectivity index (χ2n) is 9.61. The number of allylic oxidation sites excluding steroid dienone is 5. The fourth-order valence-corrected chi connectivity index (χ4v) is 6.35. The number of rotatable bonds is 8. The van der Waals surface area contributed by atoms with Crippen molar-refractivity contribution in [3.63, 3.8) is 0 Å². The van der Waals surface area contributed by atoms with E-state index in [-0.39, 0.29) is 4.90 Å². The number of anilines is 1. The van der Waals surface area contributed by atoms with Crippen LogP contribution in [-0.2, 0) is 10.1 Å². The number of benzene rings is 2. The third-order valence-electron chi connectivity index (χ3n) is 7.15. The summed E-state index contributed by atoms with van der Waals surface area (Å²) in [4.78, 5) is 2.25. The third-order valence-corrected chi connectivity index (χ3v) is 8.06. The van der Waals surface area contributed by atoms with Crippen LogP contribution in [0.4, 0.5) is 5.69 Å². The monoisotopic (exact) mass is 521 g/mol. The van der Waals surface area contributed by atoms with Gasteiger partial charge in [-0.3, -0.25) is 4.55 Å². The van der Waals surface area contributed by atoms with E-state index in [9.17, 15) is 13.0 Å². The summed E-state index contributed by atoms with van der Waals surface area (Å²) >= 11 is 0. The topological polar surface area (TPSA) is 60.6 Å². The summed E-state index contributed by atoms with van der Waals surface area (Å²) < 4.78 is 37.4. The molecule has 2 aromatic carbocycles. The van der Waals surface area contributed by atoms with Gasteiger partial charge < -0.3 is 4.90 Å². The zero-order chi connectivity index (χ0) is 27.5. The third kappa shape index (κ3) is 5.81. The quantitative estimate of drug-likeness (QED) is 0.314. The van der Waals surface area contributed by atoms with Gasteiger partial charge in [-0.2, -0.15) is 8.42 Å². The van der Waals surface area contributed by atoms with Gasteiger partial charge in [0.2, 0.25) is 5.71 Å². The molecule has 0 amide bonds. The highest BCUT2D eigenvalue weighted by Crippen LogP contribution is 2.38. The van der Waals surface area contributed by atoms with E-state index in [1.165, 1.54) is 17.5 Å². The van der Waals surface area contributed by atoms with Gasteiger partial charge in [-0.15, -0.1) is 0 Å². The predicted octanol–water partition coefficient (Wildman–Crippen LogP) is 6.60. The molecular weight excluding hydrogens is 480 g/mol. The largest absolute Gasteiger partial charge is 0.372 e. The van der Waals surface area contributed by atoms with Crippen molar-refractivity contribution in [2.24, 2.45) is 0 Å². The molecule has 0 aromatic heterocycles. The van der Waals surface area contributed by atoms with Crippen LogP contribution in [0.2, 0.25) is 0 Å². The molecule has 0 aliphatic heterocycles. The summed E-state index contributed by atoms with van der Waals surface area (Å²) in [5, 5.41) is 0. The van der Waals surface area contributed by atoms with Crippen molar-refractivity contribution < 1.29 is 17.5 Å². The maximum Gasteiger partial charge on any atom is 0.295 e. The molecule has 0 heterocycles. The number of hydrogen-bond donors (Lipinski definition) is 1. The summed E-state index contributed by atoms with van der Waals surface area (Å²) in [5.41, 5.74) is 10.1. The molecule has 1 N–H and O–H groups in total. The first-order valence-electron chi connectivity index (χ1n) is 13.1. The van der Waals surface area contributed by atoms with E-state index in [1.54, 1.807) is 12.1 Å². The van der Waals surface area contributed by atoms with Gasteiger partial charge in [0.1, 0.15) is 18.0 Å². The Morgan fingerprint density at radius 3 is 1.84 bits per heavy atom. The second-order valence-corrected chi connectivity index (χ2v) is 11.0. The van der Waals surface area contributed by atoms with Gasteiger partial charge in [-0.05, 0) is 114 Å². The van der Waals surface area contributed by atoms with Crippen LogP contribution in [-0.4, -0.2) is 49.4 Å². The van der Waals surface area contributed by atoms with Crippen LogP contribution in [0.25, 0.3) is 5.57 Å². The average molecular weight is 522 g/mol. The molecule has 0 unspecified atom stereocenters. The van der Waals surface area contributed by atoms with Crippen molar-refractivity contribution >= 4 is 27.1 Å². The lowest BCUT2D eigenvalue weighted by Gasteiger charge is -2.27. The molecule has 1 aliphatic carbocycles. The van der Waals surface area contributed by atoms with E-state index in [0.717, 1.165) is 65.2 Å². The van der Waals surface area contributed by atoms with E-state index in [0.29, 0.717) is 5.56 Å². The van der Waals surface area contributed by atoms with Crippen molar-refractivity contribution in [3.05, 3.63) is 87.5 Å². The molecule has 1 aliphatic rings. The summed E-state index contributed by atoms with van der Waals surface area (Å²) in [5.74, 6) is 0. The van der Waals surface area contributed by atoms with Crippen LogP contribution in [0.15, 0.2) is 70.2 Å². The Kier molecular flexibility index (Phi) is 8.98. The average Bonchev–Trinajstić information content (AvgIpc) is 2.83. The van der Waals surface area contributed by atoms with Gasteiger partial charge in [0.25, 0.3) is 10.1 Å². The molecule has 0 saturated carbocycles. The van der Waals surface area contributed by atoms with Gasteiger partial charge in [0, 0.05) is 35.5 Å². The Morgan fingerprint density at radius 2 is 1.38 bits per heavy atom. The van der Waals surface area contributed by atoms with Gasteiger partial charge in [0.15, 0.2) is 0 Å². The lowest BCUT2D eigenvalue weighted by Crippen LogP contribution is -2.25. The molecule has 198 valence electrons. The van der Waals surface area contributed by atoms with Crippen molar-refractivity contribution in [1.29, 1.82) is 0 Å². The van der Waals surface area contributed by atoms with Crippen molar-refractivity contribution in [2.75, 3.05) is 31.1 Å². The fourth-order valence-electron chi connectivity index (χ4n) is 5.65. The Morgan fingerprint density at radius 1 is 0.865 bits per heavy atom. The van der Waals surface area contributed by atoms with Crippen LogP contribution in [0.5, 0.6) is 0 Å². The minimum absolute atomic E-state index is 0.0868. The zero-order valence-electron chi connectivity index (χ0n) is 23.5. The van der Waals surface area contributed by atoms with Gasteiger partial charge >= 0.3 is 0 Å². The SMILES string of the molecule is CCN(CC)c1c(C)cc(C(=C2C=C(C)C(=[N+](CC)CC)C(C)=C2)c2ccccc2S(=O)(=O)O)cc1C. The minimum Gasteiger partial charge on any atom is -0.372 e. The number of nitrogens with zero attached hydrogens (tertiary/aromatic N) is 2. The van der Waals surface area contributed by atoms with Crippen molar-refractivity contribution in [1.82, 2.24) is 0 Å². The van der Waals surface area contributed by atoms with Crippen LogP contribution in [0.3, 0.4) is 0 Å². The normalized spacial score (nSPS) is 13.9. The fraction of sp³-hybridized carbons (Fsp3) is 0.387. The van der Waals surface area contributed by atoms with E-state index >= 15 is 0 Å². The van der Waals surface area contributed by atoms with Crippen molar-refractivity contribution in [2.45, 2.75) is 60.3 Å². The maximum absolute atomic E-state index is 12.5. The summed E-state index contributed by atoms with van der Waals surface area (Å²) in [6.45, 7) is 20.7. The second kappa shape index (κ2) is 11.6. The molecule has 0 spiro atoms. The lowest BCUT2D eigenvalue weighted by atomic mass is 9.85. The zero-order valence-corrected chi connectivity index (χ0v) is 24.3. The van der Waals surface area contributed by atoms with E-state index in [2.05, 4.69) is 89.2 Å². The Hall–Kier alpha value is -2.96. The molecule has 0 fully saturated rings. The molecule has 5 nitrogen and oxygen atoms in total. The van der Waals surface area contributed by atoms with Gasteiger partial charge in [-0.1, -0.05) is 18.2 Å². The molecule has 3 rings (SSSR count). The highest BCUT2D eigenvalue weighted by Gasteiger charge is 2.26. The van der Waals surface area contributed by atoms with Crippen LogP contribution >= 0.6 is 0 Å². The molecular formula is C31H41N2O3S+. The Labute approximate surface area is 223 Å². The summed E-state index contributed by atoms with van der Waals surface area (Å²) in [7, 11) is -4.43. The summed E-state index contributed by atoms with van der Waals surface area (Å²) in [6.07, 6.45) is 4.28. The standard InChI is InChI=1S/C31H40N2O3S/c1-9-32(10-2)30-21(5)17-25(18-22(30)6)29(27-15-13-14-16-28(27)37(34,35)36)26-19-23(7)31(24(8)20-26)33(11-3)12-4/h13-20H,9-12H2,1-8H3/p+1. The maximum atomic E-state index is 12.5. The molecule has 2 aromatic rings. The van der Waals surface area contributed by atoms with Gasteiger partial charge in [-0.25, -0.2) is 4.58 Å². The van der Waals surface area contributed by atoms with Crippen molar-refractivity contribution in [3.8, 4) is 0 Å². The first kappa shape index (κ1) is 28.6. The Balaban J connectivity index is 2.44. The van der Waals surface area contributed by atoms with Crippen LogP contribution < -0.4 is 4.90 Å². The highest BCUT2D eigenvalue weighted by molar-refractivity contribution is 7.86. The number of hydrogen-bond acceptors (Lipinski definition) is 3. The molecule has 0 bridgehead atoms. The predicted molar refractivity (Wildman–Crippen MR) is 156 cm³/mol. The lowest BCUT2D eigenvalue weighted by molar-refractivity contribution is -0.519. The molecule has 0 radical (unpaired) electrons. The number of aryl methyl sites for hydroxylation is 2. The van der Waals surface area contributed by atoms with E-state index in [4.69, 9.17) is 0 Å². The molecule has 6 heteroatoms. The minimum atomic E-state index is -4.43. The highest BCUT2D eigenvalue weighted by atomic mass is 32.2. The van der Waals surface area contributed by atoms with Crippen LogP contribution in [0, 0.1) is 13.8 Å². The summed E-state index contributed by atoms with van der Waals surface area (Å²) in [6, 6.07) is 11.0. The van der Waals surface area contributed by atoms with Crippen LogP contribution in [0.1, 0.15) is 63.8 Å². The molecule has 0 saturated heterocycles. The smallest absolute Gasteiger partial charge is 0.295 e. The van der Waals surface area contributed by atoms with E-state index in [1.807, 2.05) is 6.07 Å². The first-order chi connectivity index (χ1) is 17.5.